The van der Waals surface area contributed by atoms with E-state index in [9.17, 15) is 9.59 Å². The highest BCUT2D eigenvalue weighted by Gasteiger charge is 2.55. The Bertz CT molecular complexity index is 810. The molecule has 2 aliphatic rings. The topological polar surface area (TPSA) is 65.1 Å². The Hall–Kier alpha value is -2.70. The smallest absolute Gasteiger partial charge is 0.338 e. The van der Waals surface area contributed by atoms with Crippen LogP contribution in [0.4, 0.5) is 0 Å². The lowest BCUT2D eigenvalue weighted by atomic mass is 10.0. The third-order valence-electron chi connectivity index (χ3n) is 4.99. The maximum absolute atomic E-state index is 13.1. The first-order chi connectivity index (χ1) is 13.2. The van der Waals surface area contributed by atoms with E-state index in [4.69, 9.17) is 14.2 Å². The fourth-order valence-corrected chi connectivity index (χ4v) is 3.64. The molecular formula is C21H21NO5. The number of rotatable bonds is 5. The van der Waals surface area contributed by atoms with Crippen molar-refractivity contribution < 1.29 is 23.8 Å². The second-order valence-electron chi connectivity index (χ2n) is 6.71. The highest BCUT2D eigenvalue weighted by Crippen LogP contribution is 2.34. The normalized spacial score (nSPS) is 26.9. The molecule has 4 unspecified atom stereocenters. The number of benzene rings is 2. The largest absolute Gasteiger partial charge is 0.467 e. The summed E-state index contributed by atoms with van der Waals surface area (Å²) in [6, 6.07) is 19.3. The highest BCUT2D eigenvalue weighted by atomic mass is 16.7. The van der Waals surface area contributed by atoms with E-state index in [1.165, 1.54) is 7.11 Å². The van der Waals surface area contributed by atoms with Crippen LogP contribution >= 0.6 is 0 Å². The van der Waals surface area contributed by atoms with Gasteiger partial charge in [0.15, 0.2) is 18.5 Å². The molecule has 2 aliphatic heterocycles. The number of ether oxygens (including phenoxy) is 3. The summed E-state index contributed by atoms with van der Waals surface area (Å²) in [5.41, 5.74) is 2.08. The molecular weight excluding hydrogens is 346 g/mol. The Kier molecular flexibility index (Phi) is 4.92. The molecule has 2 bridgehead atoms. The molecule has 4 atom stereocenters. The first-order valence-electron chi connectivity index (χ1n) is 8.94. The van der Waals surface area contributed by atoms with Gasteiger partial charge in [-0.05, 0) is 17.5 Å². The second-order valence-corrected chi connectivity index (χ2v) is 6.71. The van der Waals surface area contributed by atoms with Crippen LogP contribution in [0.1, 0.15) is 11.1 Å². The van der Waals surface area contributed by atoms with Gasteiger partial charge in [0.25, 0.3) is 5.91 Å². The molecule has 0 aliphatic carbocycles. The van der Waals surface area contributed by atoms with Crippen molar-refractivity contribution in [1.82, 2.24) is 4.90 Å². The predicted molar refractivity (Wildman–Crippen MR) is 96.5 cm³/mol. The monoisotopic (exact) mass is 367 g/mol. The molecule has 0 saturated carbocycles. The number of nitrogens with zero attached hydrogens (tertiary/aromatic N) is 1. The van der Waals surface area contributed by atoms with Crippen LogP contribution in [0.25, 0.3) is 0 Å². The van der Waals surface area contributed by atoms with E-state index in [1.807, 2.05) is 60.7 Å². The summed E-state index contributed by atoms with van der Waals surface area (Å²) in [5.74, 6) is -0.834. The molecule has 2 fully saturated rings. The minimum Gasteiger partial charge on any atom is -0.467 e. The maximum Gasteiger partial charge on any atom is 0.338 e. The summed E-state index contributed by atoms with van der Waals surface area (Å²) in [6.07, 6.45) is -2.07. The Balaban J connectivity index is 1.64. The van der Waals surface area contributed by atoms with Crippen molar-refractivity contribution in [2.75, 3.05) is 7.11 Å². The molecule has 0 radical (unpaired) electrons. The number of fused-ring (bicyclic) bond motifs is 2. The lowest BCUT2D eigenvalue weighted by Crippen LogP contribution is -2.56. The van der Waals surface area contributed by atoms with Gasteiger partial charge in [-0.1, -0.05) is 60.7 Å². The number of methoxy groups -OCH3 is 1. The average Bonchev–Trinajstić information content (AvgIpc) is 3.12. The van der Waals surface area contributed by atoms with Crippen LogP contribution in [-0.2, 0) is 36.8 Å². The Labute approximate surface area is 157 Å². The van der Waals surface area contributed by atoms with Gasteiger partial charge in [0.05, 0.1) is 13.2 Å². The Morgan fingerprint density at radius 1 is 1.00 bits per heavy atom. The molecule has 2 heterocycles. The van der Waals surface area contributed by atoms with Crippen LogP contribution in [0.3, 0.4) is 0 Å². The van der Waals surface area contributed by atoms with Crippen molar-refractivity contribution in [2.24, 2.45) is 0 Å². The fraction of sp³-hybridized carbons (Fsp3) is 0.333. The molecule has 2 aromatic rings. The Morgan fingerprint density at radius 2 is 1.63 bits per heavy atom. The number of hydrogen-bond acceptors (Lipinski definition) is 5. The van der Waals surface area contributed by atoms with E-state index in [0.717, 1.165) is 11.1 Å². The highest BCUT2D eigenvalue weighted by molar-refractivity contribution is 5.90. The maximum atomic E-state index is 13.1. The molecule has 2 saturated heterocycles. The van der Waals surface area contributed by atoms with Crippen molar-refractivity contribution in [3.05, 3.63) is 71.8 Å². The van der Waals surface area contributed by atoms with Gasteiger partial charge in [-0.2, -0.15) is 0 Å². The molecule has 4 rings (SSSR count). The van der Waals surface area contributed by atoms with Gasteiger partial charge in [-0.15, -0.1) is 0 Å². The van der Waals surface area contributed by atoms with Crippen molar-refractivity contribution in [3.63, 3.8) is 0 Å². The molecule has 6 nitrogen and oxygen atoms in total. The van der Waals surface area contributed by atoms with E-state index in [0.29, 0.717) is 13.0 Å². The number of esters is 1. The summed E-state index contributed by atoms with van der Waals surface area (Å²) in [4.78, 5) is 26.9. The second kappa shape index (κ2) is 7.50. The standard InChI is InChI=1S/C21H21NO5/c1-25-20(24)18-17-19(23)22(13-15-10-6-3-7-11-15)16(21(26-17)27-18)12-14-8-4-2-5-9-14/h2-11,16-18,21H,12-13H2,1H3. The SMILES string of the molecule is COC(=O)C1OC2OC1C(=O)N(Cc1ccccc1)C2Cc1ccccc1. The number of morpholine rings is 1. The summed E-state index contributed by atoms with van der Waals surface area (Å²) in [6.45, 7) is 0.435. The number of carbonyl (C=O) groups excluding carboxylic acids is 2. The van der Waals surface area contributed by atoms with Gasteiger partial charge < -0.3 is 19.1 Å². The van der Waals surface area contributed by atoms with Crippen LogP contribution in [0.15, 0.2) is 60.7 Å². The van der Waals surface area contributed by atoms with Gasteiger partial charge in [-0.25, -0.2) is 4.79 Å². The first kappa shape index (κ1) is 17.7. The molecule has 0 N–H and O–H groups in total. The average molecular weight is 367 g/mol. The summed E-state index contributed by atoms with van der Waals surface area (Å²) < 4.78 is 16.4. The molecule has 1 amide bonds. The van der Waals surface area contributed by atoms with Crippen LogP contribution in [0.5, 0.6) is 0 Å². The molecule has 2 aromatic carbocycles. The van der Waals surface area contributed by atoms with Crippen LogP contribution in [-0.4, -0.2) is 48.4 Å². The zero-order chi connectivity index (χ0) is 18.8. The van der Waals surface area contributed by atoms with E-state index >= 15 is 0 Å². The van der Waals surface area contributed by atoms with Crippen LogP contribution in [0, 0.1) is 0 Å². The minimum atomic E-state index is -1.02. The van der Waals surface area contributed by atoms with E-state index in [-0.39, 0.29) is 11.9 Å². The van der Waals surface area contributed by atoms with E-state index in [1.54, 1.807) is 4.90 Å². The van der Waals surface area contributed by atoms with Crippen LogP contribution in [0.2, 0.25) is 0 Å². The van der Waals surface area contributed by atoms with Gasteiger partial charge >= 0.3 is 5.97 Å². The molecule has 27 heavy (non-hydrogen) atoms. The van der Waals surface area contributed by atoms with Crippen molar-refractivity contribution in [2.45, 2.75) is 37.5 Å². The molecule has 0 spiro atoms. The lowest BCUT2D eigenvalue weighted by Gasteiger charge is -2.38. The number of hydrogen-bond donors (Lipinski definition) is 0. The lowest BCUT2D eigenvalue weighted by molar-refractivity contribution is -0.177. The van der Waals surface area contributed by atoms with E-state index < -0.39 is 24.5 Å². The third kappa shape index (κ3) is 3.46. The van der Waals surface area contributed by atoms with Crippen LogP contribution < -0.4 is 0 Å². The summed E-state index contributed by atoms with van der Waals surface area (Å²) >= 11 is 0. The molecule has 0 aromatic heterocycles. The van der Waals surface area contributed by atoms with Gasteiger partial charge in [0.2, 0.25) is 0 Å². The molecule has 140 valence electrons. The van der Waals surface area contributed by atoms with Crippen molar-refractivity contribution >= 4 is 11.9 Å². The first-order valence-corrected chi connectivity index (χ1v) is 8.94. The van der Waals surface area contributed by atoms with E-state index in [2.05, 4.69) is 0 Å². The van der Waals surface area contributed by atoms with Gasteiger partial charge in [0, 0.05) is 6.54 Å². The fourth-order valence-electron chi connectivity index (χ4n) is 3.64. The zero-order valence-electron chi connectivity index (χ0n) is 15.0. The molecule has 6 heteroatoms. The predicted octanol–water partition coefficient (Wildman–Crippen LogP) is 1.92. The van der Waals surface area contributed by atoms with Crippen molar-refractivity contribution in [3.8, 4) is 0 Å². The third-order valence-corrected chi connectivity index (χ3v) is 4.99. The number of amides is 1. The quantitative estimate of drug-likeness (QED) is 0.756. The zero-order valence-corrected chi connectivity index (χ0v) is 15.0. The van der Waals surface area contributed by atoms with Gasteiger partial charge in [-0.3, -0.25) is 4.79 Å². The van der Waals surface area contributed by atoms with Gasteiger partial charge in [0.1, 0.15) is 0 Å². The number of carbonyl (C=O) groups is 2. The Morgan fingerprint density at radius 3 is 2.26 bits per heavy atom. The summed E-state index contributed by atoms with van der Waals surface area (Å²) in [7, 11) is 1.28. The summed E-state index contributed by atoms with van der Waals surface area (Å²) in [5, 5.41) is 0. The van der Waals surface area contributed by atoms with Crippen molar-refractivity contribution in [1.29, 1.82) is 0 Å². The minimum absolute atomic E-state index is 0.246.